The average Bonchev–Trinajstić information content (AvgIpc) is 2.92. The molecule has 0 aromatic heterocycles. The molecule has 12 nitrogen and oxygen atoms in total. The average molecular weight is 949 g/mol. The second kappa shape index (κ2) is 21.5. The third-order valence-corrected chi connectivity index (χ3v) is 15.5. The molecular formula is C37H89NO11Si8. The lowest BCUT2D eigenvalue weighted by Crippen LogP contribution is -2.68. The molecule has 1 aliphatic heterocycles. The van der Waals surface area contributed by atoms with Gasteiger partial charge in [-0.25, -0.2) is 0 Å². The summed E-state index contributed by atoms with van der Waals surface area (Å²) in [6, 6.07) is 0. The van der Waals surface area contributed by atoms with Crippen LogP contribution >= 0.6 is 0 Å². The molecule has 1 fully saturated rings. The van der Waals surface area contributed by atoms with E-state index >= 15 is 0 Å². The summed E-state index contributed by atoms with van der Waals surface area (Å²) in [7, 11) is -15.6. The Labute approximate surface area is 358 Å². The van der Waals surface area contributed by atoms with E-state index in [1.807, 2.05) is 0 Å². The van der Waals surface area contributed by atoms with E-state index < -0.39 is 116 Å². The highest BCUT2D eigenvalue weighted by Crippen LogP contribution is 2.37. The molecule has 8 unspecified atom stereocenters. The van der Waals surface area contributed by atoms with E-state index in [4.69, 9.17) is 49.7 Å². The van der Waals surface area contributed by atoms with Crippen LogP contribution in [0.3, 0.4) is 0 Å². The van der Waals surface area contributed by atoms with Crippen molar-refractivity contribution in [3.8, 4) is 0 Å². The minimum atomic E-state index is -2.32. The molecule has 340 valence electrons. The summed E-state index contributed by atoms with van der Waals surface area (Å²) in [5, 5.41) is 4.62. The Bertz CT molecular complexity index is 1230. The van der Waals surface area contributed by atoms with Gasteiger partial charge < -0.3 is 49.7 Å². The minimum Gasteiger partial charge on any atom is -0.415 e. The second-order valence-corrected chi connectivity index (χ2v) is 59.0. The van der Waals surface area contributed by atoms with Gasteiger partial charge >= 0.3 is 0 Å². The fraction of sp³-hybridized carbons (Fsp3) is 0.973. The number of hydrogen-bond donors (Lipinski definition) is 0. The molecule has 1 saturated heterocycles. The third-order valence-electron chi connectivity index (χ3n) is 7.55. The zero-order valence-corrected chi connectivity index (χ0v) is 49.2. The van der Waals surface area contributed by atoms with Gasteiger partial charge in [-0.1, -0.05) is 5.16 Å². The number of hydrogen-bond acceptors (Lipinski definition) is 12. The zero-order chi connectivity index (χ0) is 44.8. The summed E-state index contributed by atoms with van der Waals surface area (Å²) in [6.45, 7) is 53.3. The van der Waals surface area contributed by atoms with Crippen molar-refractivity contribution in [1.29, 1.82) is 0 Å². The molecule has 0 N–H and O–H groups in total. The van der Waals surface area contributed by atoms with E-state index in [9.17, 15) is 0 Å². The van der Waals surface area contributed by atoms with Gasteiger partial charge in [-0.3, -0.25) is 0 Å². The predicted octanol–water partition coefficient (Wildman–Crippen LogP) is 9.75. The van der Waals surface area contributed by atoms with Crippen molar-refractivity contribution < 1.29 is 49.7 Å². The molecule has 0 radical (unpaired) electrons. The van der Waals surface area contributed by atoms with Crippen LogP contribution in [0.4, 0.5) is 0 Å². The van der Waals surface area contributed by atoms with Crippen LogP contribution in [0.15, 0.2) is 5.16 Å². The van der Waals surface area contributed by atoms with Crippen molar-refractivity contribution in [1.82, 2.24) is 0 Å². The maximum atomic E-state index is 7.55. The van der Waals surface area contributed by atoms with Crippen LogP contribution in [-0.2, 0) is 49.7 Å². The first kappa shape index (κ1) is 55.8. The number of rotatable bonds is 25. The molecular weight excluding hydrogens is 859 g/mol. The van der Waals surface area contributed by atoms with Crippen LogP contribution in [-0.4, -0.2) is 148 Å². The van der Waals surface area contributed by atoms with Crippen molar-refractivity contribution in [3.63, 3.8) is 0 Å². The molecule has 0 aliphatic carbocycles. The van der Waals surface area contributed by atoms with Gasteiger partial charge in [0.2, 0.25) is 0 Å². The van der Waals surface area contributed by atoms with Crippen LogP contribution in [0.1, 0.15) is 0 Å². The van der Waals surface area contributed by atoms with Gasteiger partial charge in [0, 0.05) is 0 Å². The summed E-state index contributed by atoms with van der Waals surface area (Å²) in [4.78, 5) is 5.56. The van der Waals surface area contributed by atoms with E-state index in [0.717, 1.165) is 0 Å². The SMILES string of the molecule is CO/N=C(\CO[Si](C)(C)C)C(O[Si](C)(C)C)C(OC1OC(CO[Si](C)(C)C)C(O[Si](C)(C)C)C(O[Si](C)(C)C)C1O[Si](C)(C)C)C(CO[Si](C)(C)C)O[Si](C)(C)C. The minimum absolute atomic E-state index is 0.216. The van der Waals surface area contributed by atoms with Crippen molar-refractivity contribution >= 4 is 72.3 Å². The Morgan fingerprint density at radius 2 is 0.947 bits per heavy atom. The highest BCUT2D eigenvalue weighted by atomic mass is 28.4. The molecule has 57 heavy (non-hydrogen) atoms. The molecule has 8 atom stereocenters. The number of nitrogens with zero attached hydrogens (tertiary/aromatic N) is 1. The highest BCUT2D eigenvalue weighted by Gasteiger charge is 2.54. The van der Waals surface area contributed by atoms with Gasteiger partial charge in [-0.15, -0.1) is 0 Å². The smallest absolute Gasteiger partial charge is 0.186 e. The highest BCUT2D eigenvalue weighted by molar-refractivity contribution is 6.72. The first-order valence-corrected chi connectivity index (χ1v) is 48.2. The van der Waals surface area contributed by atoms with Crippen LogP contribution < -0.4 is 0 Å². The monoisotopic (exact) mass is 947 g/mol. The predicted molar refractivity (Wildman–Crippen MR) is 257 cm³/mol. The van der Waals surface area contributed by atoms with Gasteiger partial charge in [0.05, 0.1) is 25.9 Å². The standard InChI is InChI=1S/C37H89NO11Si8/c1-39-38-29(26-40-50(2,3)4)32(46-54(14,15)16)33(31(45-53(11,12)13)28-42-52(8,9)10)44-37-36(49-57(23,24)25)35(48-56(20,21)22)34(47-55(17,18)19)30(43-37)27-41-51(5,6)7/h30-37H,26-28H2,1-25H3/b38-29+. The molecule has 0 amide bonds. The van der Waals surface area contributed by atoms with Gasteiger partial charge in [0.25, 0.3) is 0 Å². The van der Waals surface area contributed by atoms with E-state index in [0.29, 0.717) is 18.9 Å². The Morgan fingerprint density at radius 1 is 0.509 bits per heavy atom. The van der Waals surface area contributed by atoms with Gasteiger partial charge in [0.1, 0.15) is 49.4 Å². The lowest BCUT2D eigenvalue weighted by molar-refractivity contribution is -0.312. The fourth-order valence-corrected chi connectivity index (χ4v) is 13.1. The van der Waals surface area contributed by atoms with Crippen LogP contribution in [0.2, 0.25) is 157 Å². The van der Waals surface area contributed by atoms with Crippen LogP contribution in [0.25, 0.3) is 0 Å². The summed E-state index contributed by atoms with van der Waals surface area (Å²) in [5.74, 6) is 0. The van der Waals surface area contributed by atoms with Gasteiger partial charge in [0.15, 0.2) is 72.8 Å². The quantitative estimate of drug-likeness (QED) is 0.0495. The Morgan fingerprint density at radius 3 is 1.35 bits per heavy atom. The molecule has 0 aromatic rings. The topological polar surface area (TPSA) is 114 Å². The Balaban J connectivity index is 4.36. The molecule has 1 aliphatic rings. The third kappa shape index (κ3) is 24.9. The van der Waals surface area contributed by atoms with Crippen LogP contribution in [0.5, 0.6) is 0 Å². The van der Waals surface area contributed by atoms with E-state index in [2.05, 4.69) is 162 Å². The normalized spacial score (nSPS) is 24.4. The van der Waals surface area contributed by atoms with Gasteiger partial charge in [-0.05, 0) is 157 Å². The zero-order valence-electron chi connectivity index (χ0n) is 41.2. The van der Waals surface area contributed by atoms with Crippen molar-refractivity contribution in [2.45, 2.75) is 206 Å². The molecule has 20 heteroatoms. The van der Waals surface area contributed by atoms with E-state index in [-0.39, 0.29) is 6.61 Å². The Kier molecular flexibility index (Phi) is 21.0. The lowest BCUT2D eigenvalue weighted by Gasteiger charge is -2.52. The summed E-state index contributed by atoms with van der Waals surface area (Å²) in [6.07, 6.45) is -5.00. The van der Waals surface area contributed by atoms with Crippen LogP contribution in [0, 0.1) is 0 Å². The first-order valence-electron chi connectivity index (χ1n) is 20.9. The first-order chi connectivity index (χ1) is 25.2. The van der Waals surface area contributed by atoms with Crippen molar-refractivity contribution in [2.75, 3.05) is 26.9 Å². The van der Waals surface area contributed by atoms with Gasteiger partial charge in [-0.2, -0.15) is 0 Å². The van der Waals surface area contributed by atoms with Crippen molar-refractivity contribution in [3.05, 3.63) is 0 Å². The maximum Gasteiger partial charge on any atom is 0.186 e. The second-order valence-electron chi connectivity index (χ2n) is 23.2. The molecule has 0 spiro atoms. The number of ether oxygens (including phenoxy) is 2. The fourth-order valence-electron chi connectivity index (χ4n) is 5.85. The molecule has 0 bridgehead atoms. The number of oxime groups is 1. The molecule has 1 rings (SSSR count). The van der Waals surface area contributed by atoms with E-state index in [1.165, 1.54) is 0 Å². The lowest BCUT2D eigenvalue weighted by atomic mass is 9.98. The molecule has 0 saturated carbocycles. The molecule has 0 aromatic carbocycles. The van der Waals surface area contributed by atoms with E-state index in [1.54, 1.807) is 7.11 Å². The Hall–Kier alpha value is 0.805. The largest absolute Gasteiger partial charge is 0.415 e. The molecule has 1 heterocycles. The summed E-state index contributed by atoms with van der Waals surface area (Å²) in [5.41, 5.74) is 0.594. The summed E-state index contributed by atoms with van der Waals surface area (Å²) >= 11 is 0. The summed E-state index contributed by atoms with van der Waals surface area (Å²) < 4.78 is 70.4. The van der Waals surface area contributed by atoms with Crippen molar-refractivity contribution in [2.24, 2.45) is 5.16 Å². The maximum absolute atomic E-state index is 7.55.